The molecule has 2 aromatic rings. The molecule has 0 amide bonds. The van der Waals surface area contributed by atoms with Crippen LogP contribution in [0, 0.1) is 0 Å². The number of aliphatic hydroxyl groups is 1. The fourth-order valence-electron chi connectivity index (χ4n) is 1.85. The van der Waals surface area contributed by atoms with Crippen LogP contribution in [-0.2, 0) is 0 Å². The second-order valence-corrected chi connectivity index (χ2v) is 4.13. The summed E-state index contributed by atoms with van der Waals surface area (Å²) in [7, 11) is 4.53. The van der Waals surface area contributed by atoms with Crippen molar-refractivity contribution in [1.82, 2.24) is 10.1 Å². The first kappa shape index (κ1) is 15.1. The van der Waals surface area contributed by atoms with Crippen molar-refractivity contribution >= 4 is 0 Å². The Bertz CT molecular complexity index is 614. The molecule has 0 saturated heterocycles. The minimum atomic E-state index is -0.700. The molecular weight excluding hydrogens is 278 g/mol. The van der Waals surface area contributed by atoms with Gasteiger partial charge in [-0.1, -0.05) is 5.16 Å². The summed E-state index contributed by atoms with van der Waals surface area (Å²) in [5.74, 6) is 1.77. The van der Waals surface area contributed by atoms with Crippen molar-refractivity contribution in [3.8, 4) is 28.7 Å². The summed E-state index contributed by atoms with van der Waals surface area (Å²) in [4.78, 5) is 4.15. The van der Waals surface area contributed by atoms with E-state index in [1.807, 2.05) is 0 Å². The number of aromatic nitrogens is 2. The molecule has 0 aliphatic carbocycles. The minimum absolute atomic E-state index is 0.212. The lowest BCUT2D eigenvalue weighted by atomic mass is 10.1. The molecule has 8 nitrogen and oxygen atoms in total. The van der Waals surface area contributed by atoms with E-state index in [9.17, 15) is 0 Å². The van der Waals surface area contributed by atoms with E-state index >= 15 is 0 Å². The molecule has 0 radical (unpaired) electrons. The Morgan fingerprint density at radius 2 is 1.90 bits per heavy atom. The molecule has 3 N–H and O–H groups in total. The van der Waals surface area contributed by atoms with Crippen LogP contribution in [0.1, 0.15) is 11.9 Å². The molecule has 0 aliphatic rings. The zero-order chi connectivity index (χ0) is 15.4. The highest BCUT2D eigenvalue weighted by atomic mass is 16.5. The highest BCUT2D eigenvalue weighted by Crippen LogP contribution is 2.43. The molecule has 21 heavy (non-hydrogen) atoms. The van der Waals surface area contributed by atoms with Gasteiger partial charge in [-0.25, -0.2) is 0 Å². The van der Waals surface area contributed by atoms with Crippen molar-refractivity contribution < 1.29 is 23.8 Å². The number of rotatable bonds is 6. The molecule has 1 aromatic carbocycles. The monoisotopic (exact) mass is 295 g/mol. The van der Waals surface area contributed by atoms with E-state index in [0.29, 0.717) is 22.8 Å². The lowest BCUT2D eigenvalue weighted by molar-refractivity contribution is 0.260. The normalized spacial score (nSPS) is 12.0. The third-order valence-corrected chi connectivity index (χ3v) is 2.90. The Morgan fingerprint density at radius 3 is 2.48 bits per heavy atom. The fraction of sp³-hybridized carbons (Fsp3) is 0.385. The van der Waals surface area contributed by atoms with E-state index in [1.54, 1.807) is 12.1 Å². The van der Waals surface area contributed by atoms with Crippen molar-refractivity contribution in [2.75, 3.05) is 27.9 Å². The number of aliphatic hydroxyl groups excluding tert-OH is 1. The summed E-state index contributed by atoms with van der Waals surface area (Å²) in [5, 5.41) is 12.7. The summed E-state index contributed by atoms with van der Waals surface area (Å²) in [6.07, 6.45) is 0. The second-order valence-electron chi connectivity index (χ2n) is 4.13. The molecule has 0 saturated carbocycles. The van der Waals surface area contributed by atoms with E-state index in [1.165, 1.54) is 21.3 Å². The smallest absolute Gasteiger partial charge is 0.261 e. The van der Waals surface area contributed by atoms with Crippen LogP contribution in [0.3, 0.4) is 0 Å². The van der Waals surface area contributed by atoms with Crippen LogP contribution in [0.25, 0.3) is 11.5 Å². The number of hydrogen-bond acceptors (Lipinski definition) is 8. The predicted molar refractivity (Wildman–Crippen MR) is 73.4 cm³/mol. The van der Waals surface area contributed by atoms with Crippen molar-refractivity contribution in [3.05, 3.63) is 18.0 Å². The third-order valence-electron chi connectivity index (χ3n) is 2.90. The van der Waals surface area contributed by atoms with Gasteiger partial charge < -0.3 is 29.6 Å². The van der Waals surface area contributed by atoms with E-state index < -0.39 is 6.04 Å². The number of methoxy groups -OCH3 is 3. The molecule has 1 atom stereocenters. The average molecular weight is 295 g/mol. The molecule has 0 aliphatic heterocycles. The van der Waals surface area contributed by atoms with Gasteiger partial charge in [0.25, 0.3) is 5.89 Å². The van der Waals surface area contributed by atoms with Gasteiger partial charge in [0.05, 0.1) is 39.5 Å². The van der Waals surface area contributed by atoms with Crippen LogP contribution in [-0.4, -0.2) is 43.2 Å². The lowest BCUT2D eigenvalue weighted by Crippen LogP contribution is -2.15. The Hall–Kier alpha value is -2.32. The van der Waals surface area contributed by atoms with E-state index in [2.05, 4.69) is 10.1 Å². The Balaban J connectivity index is 2.51. The zero-order valence-electron chi connectivity index (χ0n) is 12.0. The van der Waals surface area contributed by atoms with Crippen molar-refractivity contribution in [2.45, 2.75) is 6.04 Å². The molecule has 0 spiro atoms. The Labute approximate surface area is 121 Å². The van der Waals surface area contributed by atoms with Crippen LogP contribution >= 0.6 is 0 Å². The van der Waals surface area contributed by atoms with Crippen LogP contribution in [0.15, 0.2) is 16.7 Å². The van der Waals surface area contributed by atoms with Gasteiger partial charge in [-0.2, -0.15) is 4.98 Å². The topological polar surface area (TPSA) is 113 Å². The number of nitrogens with zero attached hydrogens (tertiary/aromatic N) is 2. The number of nitrogens with two attached hydrogens (primary N) is 1. The van der Waals surface area contributed by atoms with Crippen LogP contribution in [0.5, 0.6) is 17.2 Å². The third kappa shape index (κ3) is 2.76. The molecule has 0 fully saturated rings. The molecule has 8 heteroatoms. The van der Waals surface area contributed by atoms with E-state index in [0.717, 1.165) is 0 Å². The van der Waals surface area contributed by atoms with Gasteiger partial charge in [0, 0.05) is 0 Å². The number of benzene rings is 1. The summed E-state index contributed by atoms with van der Waals surface area (Å²) in [6, 6.07) is 2.71. The molecule has 0 bridgehead atoms. The first-order valence-corrected chi connectivity index (χ1v) is 6.15. The maximum Gasteiger partial charge on any atom is 0.261 e. The molecule has 1 aromatic heterocycles. The van der Waals surface area contributed by atoms with E-state index in [4.69, 9.17) is 29.6 Å². The summed E-state index contributed by atoms with van der Waals surface area (Å²) >= 11 is 0. The molecular formula is C13H17N3O5. The SMILES string of the molecule is COc1ccc(-c2nc(C(N)CO)no2)c(OC)c1OC. The molecule has 2 rings (SSSR count). The maximum atomic E-state index is 9.01. The first-order valence-electron chi connectivity index (χ1n) is 6.15. The van der Waals surface area contributed by atoms with Crippen LogP contribution in [0.4, 0.5) is 0 Å². The van der Waals surface area contributed by atoms with Gasteiger partial charge in [0.2, 0.25) is 5.75 Å². The predicted octanol–water partition coefficient (Wildman–Crippen LogP) is 0.755. The largest absolute Gasteiger partial charge is 0.493 e. The van der Waals surface area contributed by atoms with Crippen molar-refractivity contribution in [3.63, 3.8) is 0 Å². The highest BCUT2D eigenvalue weighted by molar-refractivity contribution is 5.71. The average Bonchev–Trinajstić information content (AvgIpc) is 3.02. The minimum Gasteiger partial charge on any atom is -0.493 e. The van der Waals surface area contributed by atoms with Gasteiger partial charge >= 0.3 is 0 Å². The lowest BCUT2D eigenvalue weighted by Gasteiger charge is -2.13. The Morgan fingerprint density at radius 1 is 1.19 bits per heavy atom. The van der Waals surface area contributed by atoms with E-state index in [-0.39, 0.29) is 18.3 Å². The first-order chi connectivity index (χ1) is 10.2. The van der Waals surface area contributed by atoms with Gasteiger partial charge in [-0.15, -0.1) is 0 Å². The van der Waals surface area contributed by atoms with Gasteiger partial charge in [0.15, 0.2) is 17.3 Å². The van der Waals surface area contributed by atoms with Crippen LogP contribution < -0.4 is 19.9 Å². The summed E-state index contributed by atoms with van der Waals surface area (Å²) in [6.45, 7) is -0.276. The van der Waals surface area contributed by atoms with Crippen molar-refractivity contribution in [1.29, 1.82) is 0 Å². The standard InChI is InChI=1S/C13H17N3O5/c1-18-9-5-4-7(10(19-2)11(9)20-3)13-15-12(16-21-13)8(14)6-17/h4-5,8,17H,6,14H2,1-3H3. The maximum absolute atomic E-state index is 9.01. The highest BCUT2D eigenvalue weighted by Gasteiger charge is 2.22. The summed E-state index contributed by atoms with van der Waals surface area (Å²) in [5.41, 5.74) is 6.19. The van der Waals surface area contributed by atoms with Crippen LogP contribution in [0.2, 0.25) is 0 Å². The zero-order valence-corrected chi connectivity index (χ0v) is 12.0. The van der Waals surface area contributed by atoms with Crippen molar-refractivity contribution in [2.24, 2.45) is 5.73 Å². The van der Waals surface area contributed by atoms with Gasteiger partial charge in [-0.05, 0) is 12.1 Å². The number of ether oxygens (including phenoxy) is 3. The fourth-order valence-corrected chi connectivity index (χ4v) is 1.85. The molecule has 1 heterocycles. The number of hydrogen-bond donors (Lipinski definition) is 2. The quantitative estimate of drug-likeness (QED) is 0.803. The second kappa shape index (κ2) is 6.42. The molecule has 114 valence electrons. The van der Waals surface area contributed by atoms with Gasteiger partial charge in [0.1, 0.15) is 0 Å². The molecule has 1 unspecified atom stereocenters. The van der Waals surface area contributed by atoms with Gasteiger partial charge in [-0.3, -0.25) is 0 Å². The summed E-state index contributed by atoms with van der Waals surface area (Å²) < 4.78 is 21.0. The Kier molecular flexibility index (Phi) is 4.61.